The van der Waals surface area contributed by atoms with E-state index in [1.54, 1.807) is 6.20 Å². The number of benzene rings is 6. The van der Waals surface area contributed by atoms with E-state index >= 15 is 0 Å². The minimum Gasteiger partial charge on any atom is -0.310 e. The molecule has 0 saturated carbocycles. The van der Waals surface area contributed by atoms with Gasteiger partial charge in [0.05, 0.1) is 22.4 Å². The van der Waals surface area contributed by atoms with Gasteiger partial charge < -0.3 is 9.46 Å². The number of fused-ring (bicyclic) bond motifs is 5. The number of hydrogen-bond acceptors (Lipinski definition) is 3. The van der Waals surface area contributed by atoms with Crippen molar-refractivity contribution >= 4 is 61.9 Å². The summed E-state index contributed by atoms with van der Waals surface area (Å²) in [6.45, 7) is 4.63. The van der Waals surface area contributed by atoms with Gasteiger partial charge in [0.1, 0.15) is 5.82 Å². The lowest BCUT2D eigenvalue weighted by Gasteiger charge is -2.42. The van der Waals surface area contributed by atoms with Gasteiger partial charge >= 0.3 is 0 Å². The third-order valence-corrected chi connectivity index (χ3v) is 13.2. The maximum Gasteiger partial charge on any atom is 0.172 e. The summed E-state index contributed by atoms with van der Waals surface area (Å²) in [6, 6.07) is 56.3. The van der Waals surface area contributed by atoms with E-state index < -0.39 is 7.14 Å². The molecule has 0 fully saturated rings. The van der Waals surface area contributed by atoms with Gasteiger partial charge in [-0.1, -0.05) is 129 Å². The molecule has 1 aliphatic rings. The Labute approximate surface area is 286 Å². The quantitative estimate of drug-likeness (QED) is 0.174. The Morgan fingerprint density at radius 3 is 1.69 bits per heavy atom. The first-order chi connectivity index (χ1) is 24.0. The smallest absolute Gasteiger partial charge is 0.172 e. The highest BCUT2D eigenvalue weighted by molar-refractivity contribution is 7.85. The van der Waals surface area contributed by atoms with Crippen molar-refractivity contribution in [2.24, 2.45) is 0 Å². The Kier molecular flexibility index (Phi) is 6.72. The second-order valence-corrected chi connectivity index (χ2v) is 16.0. The molecule has 3 heterocycles. The first kappa shape index (κ1) is 29.4. The van der Waals surface area contributed by atoms with E-state index in [1.807, 2.05) is 72.8 Å². The van der Waals surface area contributed by atoms with E-state index in [2.05, 4.69) is 114 Å². The van der Waals surface area contributed by atoms with Crippen LogP contribution in [0.2, 0.25) is 0 Å². The summed E-state index contributed by atoms with van der Waals surface area (Å²) < 4.78 is 17.2. The summed E-state index contributed by atoms with van der Waals surface area (Å²) in [7, 11) is -3.13. The van der Waals surface area contributed by atoms with Crippen LogP contribution < -0.4 is 20.8 Å². The molecule has 5 heteroatoms. The van der Waals surface area contributed by atoms with Gasteiger partial charge in [0, 0.05) is 44.0 Å². The van der Waals surface area contributed by atoms with Crippen molar-refractivity contribution in [1.82, 2.24) is 9.55 Å². The minimum absolute atomic E-state index is 0.118. The third-order valence-electron chi connectivity index (χ3n) is 10.1. The van der Waals surface area contributed by atoms with Gasteiger partial charge in [0.15, 0.2) is 7.14 Å². The van der Waals surface area contributed by atoms with Crippen LogP contribution in [-0.2, 0) is 9.98 Å². The van der Waals surface area contributed by atoms with Crippen LogP contribution >= 0.6 is 7.14 Å². The topological polar surface area (TPSA) is 38.1 Å². The van der Waals surface area contributed by atoms with Crippen molar-refractivity contribution in [2.75, 3.05) is 4.90 Å². The fourth-order valence-electron chi connectivity index (χ4n) is 7.71. The molecule has 4 nitrogen and oxygen atoms in total. The largest absolute Gasteiger partial charge is 0.310 e. The lowest BCUT2D eigenvalue weighted by molar-refractivity contribution is 0.592. The van der Waals surface area contributed by atoms with E-state index in [-0.39, 0.29) is 5.41 Å². The van der Waals surface area contributed by atoms with Crippen LogP contribution in [0, 0.1) is 0 Å². The molecule has 49 heavy (non-hydrogen) atoms. The van der Waals surface area contributed by atoms with Crippen LogP contribution in [0.1, 0.15) is 25.0 Å². The average Bonchev–Trinajstić information content (AvgIpc) is 3.49. The van der Waals surface area contributed by atoms with Crippen molar-refractivity contribution in [3.63, 3.8) is 0 Å². The van der Waals surface area contributed by atoms with Gasteiger partial charge in [-0.15, -0.1) is 0 Å². The summed E-state index contributed by atoms with van der Waals surface area (Å²) in [6.07, 6.45) is 1.80. The minimum atomic E-state index is -3.13. The van der Waals surface area contributed by atoms with Gasteiger partial charge in [-0.05, 0) is 59.7 Å². The first-order valence-electron chi connectivity index (χ1n) is 16.7. The average molecular weight is 652 g/mol. The molecule has 8 aromatic rings. The molecular weight excluding hydrogens is 617 g/mol. The zero-order valence-electron chi connectivity index (χ0n) is 27.4. The van der Waals surface area contributed by atoms with E-state index in [1.165, 1.54) is 22.5 Å². The molecular formula is C44H34N3OP. The van der Waals surface area contributed by atoms with Crippen molar-refractivity contribution < 1.29 is 4.57 Å². The van der Waals surface area contributed by atoms with E-state index in [4.69, 9.17) is 4.98 Å². The lowest BCUT2D eigenvalue weighted by Crippen LogP contribution is -2.30. The Morgan fingerprint density at radius 1 is 0.531 bits per heavy atom. The van der Waals surface area contributed by atoms with Gasteiger partial charge in [0.25, 0.3) is 0 Å². The molecule has 0 amide bonds. The molecule has 2 aromatic heterocycles. The standard InChI is InChI=1S/C44H34N3OP/c1-44(2)37-20-10-13-23-41(37)46(42-24-14-11-21-38(42)44)31-25-27-40-36(29-31)35-19-9-12-22-39(35)47(40)43-28-26-34(30-45-43)49(48,32-15-5-3-6-16-32)33-17-7-4-8-18-33/h3-30H,1-2H3. The molecule has 236 valence electrons. The second kappa shape index (κ2) is 11.2. The Balaban J connectivity index is 1.20. The van der Waals surface area contributed by atoms with Crippen LogP contribution in [-0.4, -0.2) is 9.55 Å². The number of rotatable bonds is 5. The molecule has 0 spiro atoms. The predicted molar refractivity (Wildman–Crippen MR) is 205 cm³/mol. The fraction of sp³-hybridized carbons (Fsp3) is 0.0682. The van der Waals surface area contributed by atoms with Crippen molar-refractivity contribution in [2.45, 2.75) is 19.3 Å². The van der Waals surface area contributed by atoms with Crippen LogP contribution in [0.5, 0.6) is 0 Å². The molecule has 6 aromatic carbocycles. The number of nitrogens with zero attached hydrogens (tertiary/aromatic N) is 3. The molecule has 0 atom stereocenters. The molecule has 0 unspecified atom stereocenters. The van der Waals surface area contributed by atoms with E-state index in [9.17, 15) is 4.57 Å². The second-order valence-electron chi connectivity index (χ2n) is 13.2. The SMILES string of the molecule is CC1(C)c2ccccc2N(c2ccc3c(c2)c2ccccc2n3-c2ccc(P(=O)(c3ccccc3)c3ccccc3)cn2)c2ccccc21. The highest BCUT2D eigenvalue weighted by Crippen LogP contribution is 2.52. The molecule has 9 rings (SSSR count). The Bertz CT molecular complexity index is 2460. The number of para-hydroxylation sites is 3. The Hall–Kier alpha value is -5.70. The van der Waals surface area contributed by atoms with Crippen molar-refractivity contribution in [3.8, 4) is 5.82 Å². The maximum absolute atomic E-state index is 15.0. The zero-order valence-corrected chi connectivity index (χ0v) is 28.3. The number of aromatic nitrogens is 2. The van der Waals surface area contributed by atoms with Crippen LogP contribution in [0.4, 0.5) is 17.1 Å². The predicted octanol–water partition coefficient (Wildman–Crippen LogP) is 9.93. The number of pyridine rings is 1. The van der Waals surface area contributed by atoms with Crippen LogP contribution in [0.25, 0.3) is 27.6 Å². The maximum atomic E-state index is 15.0. The summed E-state index contributed by atoms with van der Waals surface area (Å²) in [5.74, 6) is 0.783. The molecule has 1 aliphatic heterocycles. The Morgan fingerprint density at radius 2 is 1.08 bits per heavy atom. The lowest BCUT2D eigenvalue weighted by atomic mass is 9.73. The normalized spacial score (nSPS) is 13.7. The van der Waals surface area contributed by atoms with Crippen molar-refractivity contribution in [1.29, 1.82) is 0 Å². The first-order valence-corrected chi connectivity index (χ1v) is 18.4. The highest BCUT2D eigenvalue weighted by Gasteiger charge is 2.36. The van der Waals surface area contributed by atoms with Crippen molar-refractivity contribution in [3.05, 3.63) is 181 Å². The highest BCUT2D eigenvalue weighted by atomic mass is 31.2. The van der Waals surface area contributed by atoms with Gasteiger partial charge in [-0.2, -0.15) is 0 Å². The monoisotopic (exact) mass is 651 g/mol. The summed E-state index contributed by atoms with van der Waals surface area (Å²) in [5.41, 5.74) is 8.16. The number of hydrogen-bond donors (Lipinski definition) is 0. The molecule has 0 bridgehead atoms. The molecule has 0 aliphatic carbocycles. The molecule has 0 radical (unpaired) electrons. The summed E-state index contributed by atoms with van der Waals surface area (Å²) in [5, 5.41) is 4.61. The van der Waals surface area contributed by atoms with Crippen LogP contribution in [0.15, 0.2) is 170 Å². The summed E-state index contributed by atoms with van der Waals surface area (Å²) in [4.78, 5) is 7.41. The summed E-state index contributed by atoms with van der Waals surface area (Å²) >= 11 is 0. The van der Waals surface area contributed by atoms with Crippen LogP contribution in [0.3, 0.4) is 0 Å². The molecule has 0 N–H and O–H groups in total. The fourth-order valence-corrected chi connectivity index (χ4v) is 10.3. The third kappa shape index (κ3) is 4.45. The van der Waals surface area contributed by atoms with Gasteiger partial charge in [-0.3, -0.25) is 4.57 Å². The number of anilines is 3. The zero-order chi connectivity index (χ0) is 33.2. The van der Waals surface area contributed by atoms with E-state index in [0.29, 0.717) is 5.30 Å². The van der Waals surface area contributed by atoms with Gasteiger partial charge in [0.2, 0.25) is 0 Å². The molecule has 0 saturated heterocycles. The van der Waals surface area contributed by atoms with E-state index in [0.717, 1.165) is 43.9 Å². The van der Waals surface area contributed by atoms with Gasteiger partial charge in [-0.25, -0.2) is 4.98 Å².